The number of para-hydroxylation sites is 1. The van der Waals surface area contributed by atoms with Gasteiger partial charge in [0.05, 0.1) is 34.8 Å². The lowest BCUT2D eigenvalue weighted by Crippen LogP contribution is -2.41. The highest BCUT2D eigenvalue weighted by Crippen LogP contribution is 2.38. The molecule has 0 bridgehead atoms. The van der Waals surface area contributed by atoms with E-state index in [1.807, 2.05) is 17.0 Å². The number of alkyl halides is 1. The zero-order chi connectivity index (χ0) is 32.6. The Morgan fingerprint density at radius 3 is 2.48 bits per heavy atom. The molecule has 6 rings (SSSR count). The summed E-state index contributed by atoms with van der Waals surface area (Å²) < 4.78 is 47.1. The van der Waals surface area contributed by atoms with Crippen molar-refractivity contribution in [1.82, 2.24) is 24.5 Å². The molecular weight excluding hydrogens is 609 g/mol. The number of benzene rings is 2. The van der Waals surface area contributed by atoms with Gasteiger partial charge in [-0.15, -0.1) is 0 Å². The van der Waals surface area contributed by atoms with E-state index in [0.29, 0.717) is 55.1 Å². The number of aryl methyl sites for hydroxylation is 1. The molecule has 2 fully saturated rings. The van der Waals surface area contributed by atoms with Gasteiger partial charge in [-0.2, -0.15) is 19.6 Å². The number of sulfone groups is 1. The number of carbonyl (C=O) groups is 1. The van der Waals surface area contributed by atoms with Gasteiger partial charge in [0.25, 0.3) is 0 Å². The van der Waals surface area contributed by atoms with Gasteiger partial charge in [0.1, 0.15) is 11.9 Å². The lowest BCUT2D eigenvalue weighted by Gasteiger charge is -2.34. The molecule has 46 heavy (non-hydrogen) atoms. The van der Waals surface area contributed by atoms with Gasteiger partial charge in [0, 0.05) is 25.1 Å². The van der Waals surface area contributed by atoms with Crippen molar-refractivity contribution in [2.75, 3.05) is 30.8 Å². The van der Waals surface area contributed by atoms with Crippen molar-refractivity contribution in [3.63, 3.8) is 0 Å². The minimum Gasteiger partial charge on any atom is -0.495 e. The molecule has 244 valence electrons. The van der Waals surface area contributed by atoms with Gasteiger partial charge in [-0.05, 0) is 94.2 Å². The van der Waals surface area contributed by atoms with Crippen LogP contribution in [0.3, 0.4) is 0 Å². The van der Waals surface area contributed by atoms with Crippen molar-refractivity contribution < 1.29 is 22.3 Å². The number of nitrogens with zero attached hydrogens (tertiary/aromatic N) is 5. The monoisotopic (exact) mass is 649 g/mol. The smallest absolute Gasteiger partial charge is 0.233 e. The van der Waals surface area contributed by atoms with Gasteiger partial charge in [-0.25, -0.2) is 12.8 Å². The maximum atomic E-state index is 13.7. The number of anilines is 4. The third-order valence-corrected chi connectivity index (χ3v) is 11.3. The van der Waals surface area contributed by atoms with Gasteiger partial charge in [-0.1, -0.05) is 12.1 Å². The molecule has 1 saturated carbocycles. The largest absolute Gasteiger partial charge is 0.495 e. The molecule has 2 aromatic heterocycles. The zero-order valence-electron chi connectivity index (χ0n) is 26.5. The number of methoxy groups -OCH3 is 1. The van der Waals surface area contributed by atoms with Crippen molar-refractivity contribution in [1.29, 1.82) is 0 Å². The maximum absolute atomic E-state index is 13.7. The van der Waals surface area contributed by atoms with Gasteiger partial charge in [-0.3, -0.25) is 4.79 Å². The molecule has 1 aliphatic carbocycles. The Hall–Kier alpha value is -4.26. The highest BCUT2D eigenvalue weighted by molar-refractivity contribution is 7.92. The molecular formula is C33H40FN7O4S. The first kappa shape index (κ1) is 31.7. The van der Waals surface area contributed by atoms with Crippen LogP contribution in [-0.2, 0) is 14.6 Å². The third kappa shape index (κ3) is 6.24. The minimum absolute atomic E-state index is 0.0986. The first-order valence-corrected chi connectivity index (χ1v) is 17.3. The quantitative estimate of drug-likeness (QED) is 0.226. The number of likely N-dealkylation sites (tertiary alicyclic amines) is 1. The summed E-state index contributed by atoms with van der Waals surface area (Å²) >= 11 is 0. The standard InChI is InChI=1S/C33H40FN7O4S/c1-20(2)46(43,44)29-8-6-5-7-26(29)37-33-39-32(38-30-11-14-35-41(30)33)36-27-17-21(3)25(19-28(27)45-4)22-12-15-40(16-13-22)31(42)23-9-10-24(34)18-23/h5-8,11,14,17,19-20,22-24H,9-10,12-13,15-16,18H2,1-4H3,(H2,36,37,38,39)/t23-,24+/m0/s1. The van der Waals surface area contributed by atoms with Crippen molar-refractivity contribution in [2.24, 2.45) is 5.92 Å². The summed E-state index contributed by atoms with van der Waals surface area (Å²) in [6.07, 6.45) is 3.90. The van der Waals surface area contributed by atoms with E-state index in [1.165, 1.54) is 4.52 Å². The number of ether oxygens (including phenoxy) is 1. The van der Waals surface area contributed by atoms with E-state index < -0.39 is 21.3 Å². The van der Waals surface area contributed by atoms with Crippen LogP contribution in [0.1, 0.15) is 63.0 Å². The summed E-state index contributed by atoms with van der Waals surface area (Å²) in [5, 5.41) is 10.2. The highest BCUT2D eigenvalue weighted by Gasteiger charge is 2.34. The molecule has 1 amide bonds. The fraction of sp³-hybridized carbons (Fsp3) is 0.455. The highest BCUT2D eigenvalue weighted by atomic mass is 32.2. The first-order valence-electron chi connectivity index (χ1n) is 15.7. The summed E-state index contributed by atoms with van der Waals surface area (Å²) in [6, 6.07) is 12.5. The SMILES string of the molecule is COc1cc(C2CCN(C(=O)[C@H]3CC[C@@H](F)C3)CC2)c(C)cc1Nc1nc(Nc2ccccc2S(=O)(=O)C(C)C)n2nccc2n1. The molecule has 0 unspecified atom stereocenters. The van der Waals surface area contributed by atoms with E-state index in [9.17, 15) is 17.6 Å². The van der Waals surface area contributed by atoms with Gasteiger partial charge >= 0.3 is 0 Å². The van der Waals surface area contributed by atoms with Crippen LogP contribution in [0.5, 0.6) is 5.75 Å². The van der Waals surface area contributed by atoms with E-state index >= 15 is 0 Å². The van der Waals surface area contributed by atoms with E-state index in [2.05, 4.69) is 32.6 Å². The second kappa shape index (κ2) is 12.9. The molecule has 1 saturated heterocycles. The van der Waals surface area contributed by atoms with E-state index in [4.69, 9.17) is 4.74 Å². The molecule has 11 nitrogen and oxygen atoms in total. The van der Waals surface area contributed by atoms with Crippen molar-refractivity contribution in [3.8, 4) is 5.75 Å². The fourth-order valence-electron chi connectivity index (χ4n) is 6.51. The van der Waals surface area contributed by atoms with Crippen molar-refractivity contribution in [2.45, 2.75) is 75.1 Å². The molecule has 4 aromatic rings. The van der Waals surface area contributed by atoms with E-state index in [1.54, 1.807) is 57.5 Å². The predicted octanol–water partition coefficient (Wildman–Crippen LogP) is 5.95. The molecule has 0 radical (unpaired) electrons. The van der Waals surface area contributed by atoms with Gasteiger partial charge in [0.2, 0.25) is 17.8 Å². The Kier molecular flexibility index (Phi) is 8.86. The van der Waals surface area contributed by atoms with Crippen LogP contribution in [0.15, 0.2) is 53.6 Å². The number of fused-ring (bicyclic) bond motifs is 1. The molecule has 2 aromatic carbocycles. The molecule has 2 aliphatic rings. The topological polar surface area (TPSA) is 131 Å². The second-order valence-electron chi connectivity index (χ2n) is 12.4. The Bertz CT molecular complexity index is 1850. The number of amides is 1. The number of hydrogen-bond acceptors (Lipinski definition) is 9. The Morgan fingerprint density at radius 1 is 1.02 bits per heavy atom. The van der Waals surface area contributed by atoms with E-state index in [0.717, 1.165) is 24.0 Å². The predicted molar refractivity (Wildman–Crippen MR) is 175 cm³/mol. The summed E-state index contributed by atoms with van der Waals surface area (Å²) in [6.45, 7) is 6.67. The number of rotatable bonds is 9. The average molecular weight is 650 g/mol. The molecule has 2 atom stereocenters. The van der Waals surface area contributed by atoms with Crippen LogP contribution >= 0.6 is 0 Å². The maximum Gasteiger partial charge on any atom is 0.233 e. The van der Waals surface area contributed by atoms with Crippen molar-refractivity contribution >= 4 is 44.7 Å². The van der Waals surface area contributed by atoms with Crippen LogP contribution in [0.4, 0.5) is 27.7 Å². The summed E-state index contributed by atoms with van der Waals surface area (Å²) in [7, 11) is -1.96. The van der Waals surface area contributed by atoms with Crippen LogP contribution < -0.4 is 15.4 Å². The van der Waals surface area contributed by atoms with Crippen LogP contribution in [0.25, 0.3) is 5.65 Å². The van der Waals surface area contributed by atoms with Crippen LogP contribution in [0, 0.1) is 12.8 Å². The van der Waals surface area contributed by atoms with Gasteiger partial charge in [0.15, 0.2) is 15.5 Å². The first-order chi connectivity index (χ1) is 22.0. The lowest BCUT2D eigenvalue weighted by molar-refractivity contribution is -0.136. The normalized spacial score (nSPS) is 19.1. The number of halogens is 1. The fourth-order valence-corrected chi connectivity index (χ4v) is 7.71. The number of hydrogen-bond donors (Lipinski definition) is 2. The second-order valence-corrected chi connectivity index (χ2v) is 14.9. The third-order valence-electron chi connectivity index (χ3n) is 9.12. The van der Waals surface area contributed by atoms with E-state index in [-0.39, 0.29) is 34.5 Å². The Balaban J connectivity index is 1.23. The minimum atomic E-state index is -3.57. The van der Waals surface area contributed by atoms with Gasteiger partial charge < -0.3 is 20.3 Å². The number of piperidine rings is 1. The molecule has 13 heteroatoms. The number of carbonyl (C=O) groups excluding carboxylic acids is 1. The van der Waals surface area contributed by atoms with Crippen molar-refractivity contribution in [3.05, 3.63) is 59.8 Å². The molecule has 3 heterocycles. The summed E-state index contributed by atoms with van der Waals surface area (Å²) in [4.78, 5) is 24.3. The van der Waals surface area contributed by atoms with Crippen LogP contribution in [0.2, 0.25) is 0 Å². The molecule has 2 N–H and O–H groups in total. The average Bonchev–Trinajstić information content (AvgIpc) is 3.70. The zero-order valence-corrected chi connectivity index (χ0v) is 27.3. The molecule has 1 aliphatic heterocycles. The van der Waals surface area contributed by atoms with Crippen LogP contribution in [-0.4, -0.2) is 70.4 Å². The summed E-state index contributed by atoms with van der Waals surface area (Å²) in [5.74, 6) is 1.38. The number of nitrogens with one attached hydrogen (secondary N) is 2. The molecule has 0 spiro atoms. The number of aromatic nitrogens is 4. The summed E-state index contributed by atoms with van der Waals surface area (Å²) in [5.41, 5.74) is 3.81. The lowest BCUT2D eigenvalue weighted by atomic mass is 9.86. The Labute approximate surface area is 268 Å². The Morgan fingerprint density at radius 2 is 1.78 bits per heavy atom.